The lowest BCUT2D eigenvalue weighted by Gasteiger charge is -2.23. The first kappa shape index (κ1) is 12.3. The van der Waals surface area contributed by atoms with Gasteiger partial charge < -0.3 is 10.2 Å². The van der Waals surface area contributed by atoms with Crippen LogP contribution in [0, 0.1) is 5.92 Å². The molecule has 0 aliphatic heterocycles. The Bertz CT molecular complexity index is 146. The van der Waals surface area contributed by atoms with E-state index in [4.69, 9.17) is 0 Å². The molecule has 0 saturated carbocycles. The van der Waals surface area contributed by atoms with Gasteiger partial charge in [0.2, 0.25) is 0 Å². The fourth-order valence-electron chi connectivity index (χ4n) is 1.14. The Morgan fingerprint density at radius 3 is 2.38 bits per heavy atom. The van der Waals surface area contributed by atoms with Crippen LogP contribution in [0.15, 0.2) is 0 Å². The molecule has 1 N–H and O–H groups in total. The van der Waals surface area contributed by atoms with E-state index in [0.717, 1.165) is 26.1 Å². The van der Waals surface area contributed by atoms with Gasteiger partial charge in [0.1, 0.15) is 0 Å². The third-order valence-corrected chi connectivity index (χ3v) is 1.78. The Labute approximate surface area is 81.5 Å². The number of hydrogen-bond acceptors (Lipinski definition) is 1. The van der Waals surface area contributed by atoms with E-state index < -0.39 is 0 Å². The van der Waals surface area contributed by atoms with Gasteiger partial charge in [0.15, 0.2) is 0 Å². The van der Waals surface area contributed by atoms with Crippen molar-refractivity contribution in [3.63, 3.8) is 0 Å². The maximum Gasteiger partial charge on any atom is 0.317 e. The second kappa shape index (κ2) is 6.75. The topological polar surface area (TPSA) is 32.3 Å². The van der Waals surface area contributed by atoms with Crippen LogP contribution in [0.5, 0.6) is 0 Å². The van der Waals surface area contributed by atoms with Crippen LogP contribution in [0.1, 0.15) is 34.1 Å². The van der Waals surface area contributed by atoms with E-state index in [1.165, 1.54) is 0 Å². The van der Waals surface area contributed by atoms with Crippen LogP contribution in [-0.4, -0.2) is 30.6 Å². The number of urea groups is 1. The zero-order chi connectivity index (χ0) is 10.3. The molecule has 0 heterocycles. The number of nitrogens with one attached hydrogen (secondary N) is 1. The molecule has 0 aliphatic carbocycles. The van der Waals surface area contributed by atoms with E-state index >= 15 is 0 Å². The first-order valence-electron chi connectivity index (χ1n) is 5.14. The van der Waals surface area contributed by atoms with Crippen LogP contribution >= 0.6 is 0 Å². The van der Waals surface area contributed by atoms with E-state index in [1.807, 2.05) is 11.8 Å². The summed E-state index contributed by atoms with van der Waals surface area (Å²) in [5.41, 5.74) is 0. The molecule has 0 saturated heterocycles. The third-order valence-electron chi connectivity index (χ3n) is 1.78. The molecule has 0 aromatic heterocycles. The van der Waals surface area contributed by atoms with Gasteiger partial charge in [0, 0.05) is 19.6 Å². The van der Waals surface area contributed by atoms with Crippen molar-refractivity contribution >= 4 is 6.03 Å². The number of amides is 2. The molecule has 0 atom stereocenters. The second-order valence-corrected chi connectivity index (χ2v) is 3.66. The Morgan fingerprint density at radius 2 is 2.00 bits per heavy atom. The monoisotopic (exact) mass is 186 g/mol. The smallest absolute Gasteiger partial charge is 0.317 e. The normalized spacial score (nSPS) is 10.2. The molecule has 0 aromatic carbocycles. The summed E-state index contributed by atoms with van der Waals surface area (Å²) in [6.45, 7) is 10.7. The minimum Gasteiger partial charge on any atom is -0.338 e. The van der Waals surface area contributed by atoms with Gasteiger partial charge in [-0.3, -0.25) is 0 Å². The number of hydrogen-bond donors (Lipinski definition) is 1. The fourth-order valence-corrected chi connectivity index (χ4v) is 1.14. The Hall–Kier alpha value is -0.730. The standard InChI is InChI=1S/C10H22N2O/c1-5-7-11-10(13)12(6-2)8-9(3)4/h9H,5-8H2,1-4H3,(H,11,13). The summed E-state index contributed by atoms with van der Waals surface area (Å²) in [4.78, 5) is 13.3. The zero-order valence-corrected chi connectivity index (χ0v) is 9.26. The lowest BCUT2D eigenvalue weighted by atomic mass is 10.2. The highest BCUT2D eigenvalue weighted by atomic mass is 16.2. The number of carbonyl (C=O) groups excluding carboxylic acids is 1. The lowest BCUT2D eigenvalue weighted by molar-refractivity contribution is 0.194. The summed E-state index contributed by atoms with van der Waals surface area (Å²) in [5.74, 6) is 0.535. The summed E-state index contributed by atoms with van der Waals surface area (Å²) in [7, 11) is 0. The molecular weight excluding hydrogens is 164 g/mol. The predicted molar refractivity (Wildman–Crippen MR) is 55.8 cm³/mol. The van der Waals surface area contributed by atoms with Crippen molar-refractivity contribution < 1.29 is 4.79 Å². The Morgan fingerprint density at radius 1 is 1.38 bits per heavy atom. The highest BCUT2D eigenvalue weighted by Gasteiger charge is 2.11. The van der Waals surface area contributed by atoms with Gasteiger partial charge >= 0.3 is 6.03 Å². The van der Waals surface area contributed by atoms with Crippen molar-refractivity contribution in [2.75, 3.05) is 19.6 Å². The predicted octanol–water partition coefficient (Wildman–Crippen LogP) is 2.08. The van der Waals surface area contributed by atoms with Crippen molar-refractivity contribution in [2.45, 2.75) is 34.1 Å². The fraction of sp³-hybridized carbons (Fsp3) is 0.900. The van der Waals surface area contributed by atoms with Gasteiger partial charge in [-0.2, -0.15) is 0 Å². The van der Waals surface area contributed by atoms with Gasteiger partial charge in [-0.05, 0) is 19.3 Å². The van der Waals surface area contributed by atoms with Crippen molar-refractivity contribution in [1.29, 1.82) is 0 Å². The quantitative estimate of drug-likeness (QED) is 0.700. The Balaban J connectivity index is 3.85. The number of carbonyl (C=O) groups is 1. The molecule has 0 rings (SSSR count). The minimum absolute atomic E-state index is 0.0676. The summed E-state index contributed by atoms with van der Waals surface area (Å²) >= 11 is 0. The molecular formula is C10H22N2O. The molecule has 13 heavy (non-hydrogen) atoms. The van der Waals surface area contributed by atoms with Crippen LogP contribution in [-0.2, 0) is 0 Å². The molecule has 0 radical (unpaired) electrons. The van der Waals surface area contributed by atoms with E-state index in [1.54, 1.807) is 0 Å². The maximum atomic E-state index is 11.5. The van der Waals surface area contributed by atoms with Crippen molar-refractivity contribution in [3.8, 4) is 0 Å². The van der Waals surface area contributed by atoms with Crippen molar-refractivity contribution in [3.05, 3.63) is 0 Å². The first-order valence-corrected chi connectivity index (χ1v) is 5.14. The number of nitrogens with zero attached hydrogens (tertiary/aromatic N) is 1. The molecule has 3 nitrogen and oxygen atoms in total. The number of rotatable bonds is 5. The average Bonchev–Trinajstić information content (AvgIpc) is 2.09. The van der Waals surface area contributed by atoms with Crippen LogP contribution in [0.25, 0.3) is 0 Å². The molecule has 0 spiro atoms. The van der Waals surface area contributed by atoms with Gasteiger partial charge in [-0.25, -0.2) is 4.79 Å². The third kappa shape index (κ3) is 5.50. The molecule has 3 heteroatoms. The summed E-state index contributed by atoms with van der Waals surface area (Å²) in [5, 5.41) is 2.88. The van der Waals surface area contributed by atoms with E-state index in [2.05, 4.69) is 26.1 Å². The van der Waals surface area contributed by atoms with E-state index in [9.17, 15) is 4.79 Å². The SMILES string of the molecule is CCCNC(=O)N(CC)CC(C)C. The maximum absolute atomic E-state index is 11.5. The van der Waals surface area contributed by atoms with Crippen molar-refractivity contribution in [1.82, 2.24) is 10.2 Å². The highest BCUT2D eigenvalue weighted by molar-refractivity contribution is 5.74. The summed E-state index contributed by atoms with van der Waals surface area (Å²) in [6, 6.07) is 0.0676. The summed E-state index contributed by atoms with van der Waals surface area (Å²) in [6.07, 6.45) is 0.991. The molecule has 0 unspecified atom stereocenters. The lowest BCUT2D eigenvalue weighted by Crippen LogP contribution is -2.41. The van der Waals surface area contributed by atoms with E-state index in [0.29, 0.717) is 5.92 Å². The summed E-state index contributed by atoms with van der Waals surface area (Å²) < 4.78 is 0. The van der Waals surface area contributed by atoms with Crippen LogP contribution in [0.3, 0.4) is 0 Å². The highest BCUT2D eigenvalue weighted by Crippen LogP contribution is 1.98. The van der Waals surface area contributed by atoms with Gasteiger partial charge in [-0.15, -0.1) is 0 Å². The van der Waals surface area contributed by atoms with Crippen LogP contribution in [0.2, 0.25) is 0 Å². The zero-order valence-electron chi connectivity index (χ0n) is 9.26. The largest absolute Gasteiger partial charge is 0.338 e. The van der Waals surface area contributed by atoms with Gasteiger partial charge in [0.05, 0.1) is 0 Å². The Kier molecular flexibility index (Phi) is 6.37. The van der Waals surface area contributed by atoms with Gasteiger partial charge in [0.25, 0.3) is 0 Å². The molecule has 0 fully saturated rings. The van der Waals surface area contributed by atoms with E-state index in [-0.39, 0.29) is 6.03 Å². The van der Waals surface area contributed by atoms with Crippen molar-refractivity contribution in [2.24, 2.45) is 5.92 Å². The first-order chi connectivity index (χ1) is 6.11. The van der Waals surface area contributed by atoms with Gasteiger partial charge in [-0.1, -0.05) is 20.8 Å². The van der Waals surface area contributed by atoms with Crippen LogP contribution < -0.4 is 5.32 Å². The molecule has 0 bridgehead atoms. The molecule has 0 aliphatic rings. The molecule has 0 aromatic rings. The minimum atomic E-state index is 0.0676. The van der Waals surface area contributed by atoms with Crippen LogP contribution in [0.4, 0.5) is 4.79 Å². The molecule has 78 valence electrons. The molecule has 2 amide bonds. The second-order valence-electron chi connectivity index (χ2n) is 3.66. The average molecular weight is 186 g/mol.